The Morgan fingerprint density at radius 1 is 0.920 bits per heavy atom. The van der Waals surface area contributed by atoms with E-state index in [9.17, 15) is 9.59 Å². The first-order valence-corrected chi connectivity index (χ1v) is 10.0. The molecule has 0 radical (unpaired) electrons. The molecular formula is C21H29NO2S. The fourth-order valence-electron chi connectivity index (χ4n) is 2.25. The Kier molecular flexibility index (Phi) is 9.93. The van der Waals surface area contributed by atoms with Crippen molar-refractivity contribution in [3.8, 4) is 0 Å². The van der Waals surface area contributed by atoms with Crippen LogP contribution in [0.2, 0.25) is 0 Å². The van der Waals surface area contributed by atoms with Crippen molar-refractivity contribution >= 4 is 22.9 Å². The molecule has 2 aromatic heterocycles. The van der Waals surface area contributed by atoms with Crippen molar-refractivity contribution in [2.75, 3.05) is 0 Å². The third kappa shape index (κ3) is 7.30. The first kappa shape index (κ1) is 21.2. The van der Waals surface area contributed by atoms with E-state index in [1.165, 1.54) is 4.88 Å². The summed E-state index contributed by atoms with van der Waals surface area (Å²) >= 11 is 1.68. The largest absolute Gasteiger partial charge is 0.294 e. The molecule has 25 heavy (non-hydrogen) atoms. The van der Waals surface area contributed by atoms with E-state index in [0.717, 1.165) is 42.5 Å². The Bertz CT molecular complexity index is 659. The molecule has 0 unspecified atom stereocenters. The molecule has 0 amide bonds. The average Bonchev–Trinajstić information content (AvgIpc) is 3.12. The first-order valence-electron chi connectivity index (χ1n) is 9.14. The monoisotopic (exact) mass is 359 g/mol. The van der Waals surface area contributed by atoms with Crippen LogP contribution in [0.15, 0.2) is 29.8 Å². The molecule has 0 fully saturated rings. The molecule has 3 nitrogen and oxygen atoms in total. The highest BCUT2D eigenvalue weighted by molar-refractivity contribution is 7.10. The second-order valence-electron chi connectivity index (χ2n) is 5.89. The van der Waals surface area contributed by atoms with Gasteiger partial charge in [-0.2, -0.15) is 0 Å². The van der Waals surface area contributed by atoms with Gasteiger partial charge in [0.05, 0.1) is 0 Å². The van der Waals surface area contributed by atoms with E-state index in [2.05, 4.69) is 18.8 Å². The topological polar surface area (TPSA) is 47.0 Å². The molecule has 0 saturated heterocycles. The summed E-state index contributed by atoms with van der Waals surface area (Å²) in [5.41, 5.74) is 2.67. The molecule has 0 aliphatic rings. The molecule has 0 aliphatic heterocycles. The summed E-state index contributed by atoms with van der Waals surface area (Å²) in [7, 11) is 0. The fourth-order valence-corrected chi connectivity index (χ4v) is 3.09. The number of rotatable bonds is 8. The highest BCUT2D eigenvalue weighted by Gasteiger charge is 2.06. The zero-order chi connectivity index (χ0) is 18.7. The smallest absolute Gasteiger partial charge is 0.164 e. The Balaban J connectivity index is 0.000000251. The van der Waals surface area contributed by atoms with Gasteiger partial charge in [-0.25, -0.2) is 0 Å². The van der Waals surface area contributed by atoms with Gasteiger partial charge in [-0.15, -0.1) is 11.3 Å². The minimum atomic E-state index is 0.192. The van der Waals surface area contributed by atoms with Crippen molar-refractivity contribution < 1.29 is 9.59 Å². The number of pyridine rings is 1. The SMILES string of the molecule is CCCC(=O)c1ccc(CC)nc1.CCCC(=O)c1csc(CC)c1. The van der Waals surface area contributed by atoms with Gasteiger partial charge in [-0.1, -0.05) is 27.7 Å². The molecule has 0 spiro atoms. The van der Waals surface area contributed by atoms with Gasteiger partial charge in [-0.05, 0) is 43.9 Å². The zero-order valence-corrected chi connectivity index (χ0v) is 16.6. The van der Waals surface area contributed by atoms with Crippen LogP contribution < -0.4 is 0 Å². The molecule has 0 N–H and O–H groups in total. The number of aromatic nitrogens is 1. The molecule has 4 heteroatoms. The standard InChI is InChI=1S/C11H15NO.C10H14OS/c1-3-5-11(13)9-6-7-10(4-2)12-8-9;1-3-5-10(11)8-6-9(4-2)12-7-8/h6-8H,3-5H2,1-2H3;6-7H,3-5H2,1-2H3. The zero-order valence-electron chi connectivity index (χ0n) is 15.8. The van der Waals surface area contributed by atoms with Gasteiger partial charge in [0.1, 0.15) is 0 Å². The van der Waals surface area contributed by atoms with Crippen LogP contribution in [0.25, 0.3) is 0 Å². The van der Waals surface area contributed by atoms with E-state index in [1.807, 2.05) is 37.4 Å². The van der Waals surface area contributed by atoms with E-state index < -0.39 is 0 Å². The molecule has 0 aromatic carbocycles. The van der Waals surface area contributed by atoms with Crippen molar-refractivity contribution in [2.24, 2.45) is 0 Å². The summed E-state index contributed by atoms with van der Waals surface area (Å²) in [5.74, 6) is 0.478. The summed E-state index contributed by atoms with van der Waals surface area (Å²) < 4.78 is 0. The van der Waals surface area contributed by atoms with Crippen LogP contribution >= 0.6 is 11.3 Å². The number of ketones is 2. The Morgan fingerprint density at radius 2 is 1.56 bits per heavy atom. The number of thiophene rings is 1. The summed E-state index contributed by atoms with van der Waals surface area (Å²) in [5, 5.41) is 1.97. The van der Waals surface area contributed by atoms with Crippen LogP contribution in [-0.2, 0) is 12.8 Å². The van der Waals surface area contributed by atoms with Crippen LogP contribution in [0.4, 0.5) is 0 Å². The molecule has 0 saturated carbocycles. The first-order chi connectivity index (χ1) is 12.0. The number of aryl methyl sites for hydroxylation is 2. The van der Waals surface area contributed by atoms with E-state index in [0.29, 0.717) is 12.8 Å². The van der Waals surface area contributed by atoms with E-state index >= 15 is 0 Å². The number of hydrogen-bond acceptors (Lipinski definition) is 4. The van der Waals surface area contributed by atoms with Crippen LogP contribution in [0.3, 0.4) is 0 Å². The third-order valence-electron chi connectivity index (χ3n) is 3.79. The molecule has 0 aliphatic carbocycles. The predicted molar refractivity (Wildman–Crippen MR) is 106 cm³/mol. The summed E-state index contributed by atoms with van der Waals surface area (Å²) in [6, 6.07) is 5.80. The van der Waals surface area contributed by atoms with Crippen LogP contribution in [0.1, 0.15) is 84.7 Å². The molecule has 136 valence electrons. The Hall–Kier alpha value is -1.81. The van der Waals surface area contributed by atoms with Crippen molar-refractivity contribution in [1.82, 2.24) is 4.98 Å². The quantitative estimate of drug-likeness (QED) is 0.550. The average molecular weight is 360 g/mol. The van der Waals surface area contributed by atoms with Crippen molar-refractivity contribution in [3.63, 3.8) is 0 Å². The van der Waals surface area contributed by atoms with Gasteiger partial charge in [0, 0.05) is 46.1 Å². The highest BCUT2D eigenvalue weighted by atomic mass is 32.1. The second kappa shape index (κ2) is 11.7. The maximum atomic E-state index is 11.4. The van der Waals surface area contributed by atoms with Gasteiger partial charge in [0.2, 0.25) is 0 Å². The van der Waals surface area contributed by atoms with Crippen LogP contribution in [0, 0.1) is 0 Å². The number of Topliss-reactive ketones (excluding diaryl/α,β-unsaturated/α-hetero) is 2. The lowest BCUT2D eigenvalue weighted by Gasteiger charge is -1.99. The summed E-state index contributed by atoms with van der Waals surface area (Å²) in [4.78, 5) is 28.3. The van der Waals surface area contributed by atoms with Crippen LogP contribution in [-0.4, -0.2) is 16.6 Å². The minimum Gasteiger partial charge on any atom is -0.294 e. The summed E-state index contributed by atoms with van der Waals surface area (Å²) in [6.45, 7) is 8.20. The summed E-state index contributed by atoms with van der Waals surface area (Å²) in [6.07, 6.45) is 6.76. The highest BCUT2D eigenvalue weighted by Crippen LogP contribution is 2.16. The number of carbonyl (C=O) groups excluding carboxylic acids is 2. The Morgan fingerprint density at radius 3 is 2.00 bits per heavy atom. The lowest BCUT2D eigenvalue weighted by Crippen LogP contribution is -1.99. The van der Waals surface area contributed by atoms with Crippen LogP contribution in [0.5, 0.6) is 0 Å². The minimum absolute atomic E-state index is 0.192. The van der Waals surface area contributed by atoms with Crippen molar-refractivity contribution in [1.29, 1.82) is 0 Å². The Labute approximate surface area is 155 Å². The van der Waals surface area contributed by atoms with Crippen molar-refractivity contribution in [2.45, 2.75) is 66.2 Å². The molecule has 2 heterocycles. The fraction of sp³-hybridized carbons (Fsp3) is 0.476. The van der Waals surface area contributed by atoms with E-state index in [4.69, 9.17) is 0 Å². The normalized spacial score (nSPS) is 10.1. The van der Waals surface area contributed by atoms with Gasteiger partial charge in [0.25, 0.3) is 0 Å². The van der Waals surface area contributed by atoms with Gasteiger partial charge >= 0.3 is 0 Å². The van der Waals surface area contributed by atoms with E-state index in [1.54, 1.807) is 17.5 Å². The lowest BCUT2D eigenvalue weighted by molar-refractivity contribution is 0.0973. The second-order valence-corrected chi connectivity index (χ2v) is 6.89. The predicted octanol–water partition coefficient (Wildman–Crippen LogP) is 5.92. The lowest BCUT2D eigenvalue weighted by atomic mass is 10.1. The molecule has 0 bridgehead atoms. The maximum Gasteiger partial charge on any atom is 0.164 e. The van der Waals surface area contributed by atoms with Gasteiger partial charge < -0.3 is 0 Å². The van der Waals surface area contributed by atoms with Gasteiger partial charge in [-0.3, -0.25) is 14.6 Å². The number of carbonyl (C=O) groups is 2. The molecule has 2 aromatic rings. The number of hydrogen-bond donors (Lipinski definition) is 0. The maximum absolute atomic E-state index is 11.4. The molecular weight excluding hydrogens is 330 g/mol. The number of nitrogens with zero attached hydrogens (tertiary/aromatic N) is 1. The third-order valence-corrected chi connectivity index (χ3v) is 4.87. The van der Waals surface area contributed by atoms with E-state index in [-0.39, 0.29) is 11.6 Å². The van der Waals surface area contributed by atoms with Gasteiger partial charge in [0.15, 0.2) is 11.6 Å². The van der Waals surface area contributed by atoms with Crippen molar-refractivity contribution in [3.05, 3.63) is 51.5 Å². The molecule has 0 atom stereocenters. The molecule has 2 rings (SSSR count).